The average molecular weight is 373 g/mol. The zero-order chi connectivity index (χ0) is 17.9. The molecule has 1 aromatic carbocycles. The fourth-order valence-corrected chi connectivity index (χ4v) is 2.88. The summed E-state index contributed by atoms with van der Waals surface area (Å²) in [6, 6.07) is 3.69. The highest BCUT2D eigenvalue weighted by Gasteiger charge is 2.30. The number of carboxylic acid groups (broad SMARTS) is 1. The molecule has 2 atom stereocenters. The van der Waals surface area contributed by atoms with Crippen LogP contribution in [0.4, 0.5) is 0 Å². The number of piperidine rings is 1. The number of amides is 2. The first-order chi connectivity index (χ1) is 11.3. The molecule has 1 fully saturated rings. The number of benzene rings is 1. The lowest BCUT2D eigenvalue weighted by molar-refractivity contribution is -0.142. The Kier molecular flexibility index (Phi) is 6.07. The Balaban J connectivity index is 2.04. The molecule has 2 amide bonds. The maximum atomic E-state index is 12.6. The van der Waals surface area contributed by atoms with Gasteiger partial charge < -0.3 is 15.3 Å². The van der Waals surface area contributed by atoms with E-state index in [1.807, 2.05) is 0 Å². The number of carbonyl (C=O) groups is 3. The van der Waals surface area contributed by atoms with E-state index in [0.717, 1.165) is 0 Å². The van der Waals surface area contributed by atoms with Crippen LogP contribution in [0.3, 0.4) is 0 Å². The molecule has 1 aliphatic heterocycles. The minimum atomic E-state index is -1.09. The molecule has 8 heteroatoms. The van der Waals surface area contributed by atoms with Crippen molar-refractivity contribution in [1.82, 2.24) is 10.2 Å². The Bertz CT molecular complexity index is 665. The third-order valence-corrected chi connectivity index (χ3v) is 4.71. The average Bonchev–Trinajstić information content (AvgIpc) is 2.56. The van der Waals surface area contributed by atoms with E-state index in [0.29, 0.717) is 35.0 Å². The molecule has 0 saturated carbocycles. The van der Waals surface area contributed by atoms with Gasteiger partial charge in [-0.15, -0.1) is 0 Å². The molecule has 1 unspecified atom stereocenters. The van der Waals surface area contributed by atoms with Crippen molar-refractivity contribution in [3.05, 3.63) is 33.8 Å². The van der Waals surface area contributed by atoms with Gasteiger partial charge in [0.15, 0.2) is 0 Å². The number of likely N-dealkylation sites (tertiary alicyclic amines) is 1. The van der Waals surface area contributed by atoms with Gasteiger partial charge in [-0.25, -0.2) is 0 Å². The predicted octanol–water partition coefficient (Wildman–Crippen LogP) is 2.43. The van der Waals surface area contributed by atoms with E-state index in [9.17, 15) is 14.4 Å². The van der Waals surface area contributed by atoms with E-state index >= 15 is 0 Å². The highest BCUT2D eigenvalue weighted by Crippen LogP contribution is 2.25. The van der Waals surface area contributed by atoms with Crippen LogP contribution in [0.5, 0.6) is 0 Å². The van der Waals surface area contributed by atoms with Crippen LogP contribution < -0.4 is 5.32 Å². The van der Waals surface area contributed by atoms with Gasteiger partial charge in [-0.1, -0.05) is 23.2 Å². The first kappa shape index (κ1) is 18.5. The number of carbonyl (C=O) groups excluding carboxylic acids is 2. The Hall–Kier alpha value is -1.79. The maximum Gasteiger partial charge on any atom is 0.325 e. The van der Waals surface area contributed by atoms with E-state index in [1.165, 1.54) is 13.0 Å². The van der Waals surface area contributed by atoms with Crippen molar-refractivity contribution in [3.63, 3.8) is 0 Å². The smallest absolute Gasteiger partial charge is 0.325 e. The second-order valence-corrected chi connectivity index (χ2v) is 6.60. The first-order valence-electron chi connectivity index (χ1n) is 7.57. The van der Waals surface area contributed by atoms with Crippen LogP contribution >= 0.6 is 23.2 Å². The lowest BCUT2D eigenvalue weighted by Gasteiger charge is -2.32. The summed E-state index contributed by atoms with van der Waals surface area (Å²) in [5.41, 5.74) is 0.407. The van der Waals surface area contributed by atoms with Crippen molar-refractivity contribution in [2.75, 3.05) is 13.1 Å². The van der Waals surface area contributed by atoms with Gasteiger partial charge in [-0.05, 0) is 38.0 Å². The summed E-state index contributed by atoms with van der Waals surface area (Å²) < 4.78 is 0. The molecule has 2 rings (SSSR count). The Morgan fingerprint density at radius 3 is 2.62 bits per heavy atom. The molecular formula is C16H18Cl2N2O4. The summed E-state index contributed by atoms with van der Waals surface area (Å²) in [5.74, 6) is -2.09. The zero-order valence-corrected chi connectivity index (χ0v) is 14.6. The summed E-state index contributed by atoms with van der Waals surface area (Å²) >= 11 is 11.8. The van der Waals surface area contributed by atoms with Crippen LogP contribution in [0.25, 0.3) is 0 Å². The van der Waals surface area contributed by atoms with Crippen LogP contribution in [0.2, 0.25) is 10.0 Å². The van der Waals surface area contributed by atoms with Crippen molar-refractivity contribution < 1.29 is 19.5 Å². The molecule has 0 aliphatic carbocycles. The molecule has 1 aliphatic rings. The van der Waals surface area contributed by atoms with Crippen molar-refractivity contribution in [2.45, 2.75) is 25.8 Å². The highest BCUT2D eigenvalue weighted by atomic mass is 35.5. The van der Waals surface area contributed by atoms with Crippen molar-refractivity contribution >= 4 is 41.0 Å². The monoisotopic (exact) mass is 372 g/mol. The number of hydrogen-bond acceptors (Lipinski definition) is 3. The Labute approximate surface area is 149 Å². The SMILES string of the molecule is C[C@@H](NC(=O)C1CCCN(C(=O)c2ccc(Cl)c(Cl)c2)C1)C(=O)O. The number of halogens is 2. The zero-order valence-electron chi connectivity index (χ0n) is 13.1. The molecule has 1 saturated heterocycles. The molecule has 0 bridgehead atoms. The third kappa shape index (κ3) is 4.39. The molecule has 24 heavy (non-hydrogen) atoms. The van der Waals surface area contributed by atoms with Gasteiger partial charge >= 0.3 is 5.97 Å². The number of carboxylic acids is 1. The number of nitrogens with zero attached hydrogens (tertiary/aromatic N) is 1. The number of nitrogens with one attached hydrogen (secondary N) is 1. The Morgan fingerprint density at radius 2 is 2.00 bits per heavy atom. The lowest BCUT2D eigenvalue weighted by Crippen LogP contribution is -2.48. The van der Waals surface area contributed by atoms with E-state index in [2.05, 4.69) is 5.32 Å². The first-order valence-corrected chi connectivity index (χ1v) is 8.32. The van der Waals surface area contributed by atoms with Crippen molar-refractivity contribution in [3.8, 4) is 0 Å². The van der Waals surface area contributed by atoms with Crippen molar-refractivity contribution in [2.24, 2.45) is 5.92 Å². The van der Waals surface area contributed by atoms with Crippen LogP contribution in [-0.2, 0) is 9.59 Å². The summed E-state index contributed by atoms with van der Waals surface area (Å²) in [7, 11) is 0. The molecule has 1 aromatic rings. The summed E-state index contributed by atoms with van der Waals surface area (Å²) in [5, 5.41) is 12.0. The second kappa shape index (κ2) is 7.85. The Morgan fingerprint density at radius 1 is 1.29 bits per heavy atom. The van der Waals surface area contributed by atoms with Gasteiger partial charge in [0.1, 0.15) is 6.04 Å². The molecule has 0 radical (unpaired) electrons. The second-order valence-electron chi connectivity index (χ2n) is 5.79. The summed E-state index contributed by atoms with van der Waals surface area (Å²) in [6.45, 7) is 2.19. The largest absolute Gasteiger partial charge is 0.480 e. The lowest BCUT2D eigenvalue weighted by atomic mass is 9.96. The minimum absolute atomic E-state index is 0.225. The third-order valence-electron chi connectivity index (χ3n) is 3.98. The molecular weight excluding hydrogens is 355 g/mol. The van der Waals surface area contributed by atoms with Gasteiger partial charge in [-0.3, -0.25) is 14.4 Å². The highest BCUT2D eigenvalue weighted by molar-refractivity contribution is 6.42. The van der Waals surface area contributed by atoms with Crippen LogP contribution in [-0.4, -0.2) is 46.9 Å². The summed E-state index contributed by atoms with van der Waals surface area (Å²) in [4.78, 5) is 37.1. The van der Waals surface area contributed by atoms with Gasteiger partial charge in [-0.2, -0.15) is 0 Å². The number of hydrogen-bond donors (Lipinski definition) is 2. The molecule has 1 heterocycles. The minimum Gasteiger partial charge on any atom is -0.480 e. The molecule has 6 nitrogen and oxygen atoms in total. The van der Waals surface area contributed by atoms with Gasteiger partial charge in [0.05, 0.1) is 16.0 Å². The number of rotatable bonds is 4. The van der Waals surface area contributed by atoms with Crippen LogP contribution in [0, 0.1) is 5.92 Å². The predicted molar refractivity (Wildman–Crippen MR) is 90.3 cm³/mol. The van der Waals surface area contributed by atoms with E-state index < -0.39 is 17.9 Å². The standard InChI is InChI=1S/C16H18Cl2N2O4/c1-9(16(23)24)19-14(21)11-3-2-6-20(8-11)15(22)10-4-5-12(17)13(18)7-10/h4-5,7,9,11H,2-3,6,8H2,1H3,(H,19,21)(H,23,24)/t9-,11?/m1/s1. The fraction of sp³-hybridized carbons (Fsp3) is 0.438. The van der Waals surface area contributed by atoms with Gasteiger partial charge in [0.25, 0.3) is 5.91 Å². The van der Waals surface area contributed by atoms with E-state index in [4.69, 9.17) is 28.3 Å². The van der Waals surface area contributed by atoms with Gasteiger partial charge in [0, 0.05) is 18.7 Å². The normalized spacial score (nSPS) is 18.8. The molecule has 0 aromatic heterocycles. The summed E-state index contributed by atoms with van der Waals surface area (Å²) in [6.07, 6.45) is 1.29. The van der Waals surface area contributed by atoms with Crippen LogP contribution in [0.1, 0.15) is 30.1 Å². The van der Waals surface area contributed by atoms with E-state index in [-0.39, 0.29) is 18.4 Å². The molecule has 130 valence electrons. The molecule has 2 N–H and O–H groups in total. The van der Waals surface area contributed by atoms with E-state index in [1.54, 1.807) is 17.0 Å². The molecule has 0 spiro atoms. The number of aliphatic carboxylic acids is 1. The fourth-order valence-electron chi connectivity index (χ4n) is 2.58. The van der Waals surface area contributed by atoms with Crippen LogP contribution in [0.15, 0.2) is 18.2 Å². The van der Waals surface area contributed by atoms with Crippen molar-refractivity contribution in [1.29, 1.82) is 0 Å². The topological polar surface area (TPSA) is 86.7 Å². The van der Waals surface area contributed by atoms with Gasteiger partial charge in [0.2, 0.25) is 5.91 Å². The quantitative estimate of drug-likeness (QED) is 0.849. The maximum absolute atomic E-state index is 12.6.